The SMILES string of the molecule is COc1ccc(N2CCN(C(=O)NCCC(O)(c3nccn3C)C(F)(F)F)CC2)cc1. The first-order valence-electron chi connectivity index (χ1n) is 9.84. The second-order valence-corrected chi connectivity index (χ2v) is 7.37. The Morgan fingerprint density at radius 2 is 1.84 bits per heavy atom. The van der Waals surface area contributed by atoms with E-state index in [-0.39, 0.29) is 6.54 Å². The summed E-state index contributed by atoms with van der Waals surface area (Å²) in [5.74, 6) is 0.244. The van der Waals surface area contributed by atoms with Crippen molar-refractivity contribution in [1.82, 2.24) is 19.8 Å². The molecule has 2 amide bonds. The first kappa shape index (κ1) is 22.7. The third-order valence-corrected chi connectivity index (χ3v) is 5.43. The first-order valence-corrected chi connectivity index (χ1v) is 9.84. The van der Waals surface area contributed by atoms with Crippen molar-refractivity contribution < 1.29 is 27.8 Å². The van der Waals surface area contributed by atoms with Crippen molar-refractivity contribution in [1.29, 1.82) is 0 Å². The molecule has 2 N–H and O–H groups in total. The van der Waals surface area contributed by atoms with E-state index in [9.17, 15) is 23.1 Å². The van der Waals surface area contributed by atoms with Gasteiger partial charge < -0.3 is 29.5 Å². The Morgan fingerprint density at radius 3 is 2.35 bits per heavy atom. The summed E-state index contributed by atoms with van der Waals surface area (Å²) in [5, 5.41) is 12.8. The highest BCUT2D eigenvalue weighted by Crippen LogP contribution is 2.40. The summed E-state index contributed by atoms with van der Waals surface area (Å²) in [4.78, 5) is 19.7. The van der Waals surface area contributed by atoms with E-state index < -0.39 is 30.1 Å². The number of benzene rings is 1. The highest BCUT2D eigenvalue weighted by molar-refractivity contribution is 5.74. The number of anilines is 1. The fraction of sp³-hybridized carbons (Fsp3) is 0.500. The van der Waals surface area contributed by atoms with Gasteiger partial charge in [0.05, 0.1) is 7.11 Å². The average molecular weight is 441 g/mol. The normalized spacial score (nSPS) is 16.7. The molecule has 0 bridgehead atoms. The molecule has 1 aliphatic heterocycles. The average Bonchev–Trinajstić information content (AvgIpc) is 3.19. The number of halogens is 3. The number of urea groups is 1. The summed E-state index contributed by atoms with van der Waals surface area (Å²) in [6, 6.07) is 7.13. The number of alkyl halides is 3. The summed E-state index contributed by atoms with van der Waals surface area (Å²) in [5.41, 5.74) is -2.14. The summed E-state index contributed by atoms with van der Waals surface area (Å²) < 4.78 is 46.9. The molecule has 0 saturated carbocycles. The second-order valence-electron chi connectivity index (χ2n) is 7.37. The molecule has 1 fully saturated rings. The number of hydrogen-bond donors (Lipinski definition) is 2. The number of nitrogens with one attached hydrogen (secondary N) is 1. The number of amides is 2. The van der Waals surface area contributed by atoms with Crippen molar-refractivity contribution >= 4 is 11.7 Å². The molecule has 0 radical (unpaired) electrons. The highest BCUT2D eigenvalue weighted by atomic mass is 19.4. The predicted octanol–water partition coefficient (Wildman–Crippen LogP) is 2.10. The van der Waals surface area contributed by atoms with Crippen LogP contribution < -0.4 is 15.0 Å². The molecule has 3 rings (SSSR count). The van der Waals surface area contributed by atoms with E-state index in [4.69, 9.17) is 4.74 Å². The molecule has 1 aromatic carbocycles. The van der Waals surface area contributed by atoms with E-state index in [2.05, 4.69) is 15.2 Å². The van der Waals surface area contributed by atoms with Crippen LogP contribution in [0.4, 0.5) is 23.7 Å². The van der Waals surface area contributed by atoms with Crippen LogP contribution in [0.25, 0.3) is 0 Å². The Hall–Kier alpha value is -2.95. The van der Waals surface area contributed by atoms with Crippen LogP contribution in [0.3, 0.4) is 0 Å². The fourth-order valence-electron chi connectivity index (χ4n) is 3.57. The van der Waals surface area contributed by atoms with Crippen LogP contribution in [-0.4, -0.2) is 71.6 Å². The summed E-state index contributed by atoms with van der Waals surface area (Å²) in [7, 11) is 2.97. The Bertz CT molecular complexity index is 879. The van der Waals surface area contributed by atoms with Crippen molar-refractivity contribution in [3.8, 4) is 5.75 Å². The monoisotopic (exact) mass is 441 g/mol. The lowest BCUT2D eigenvalue weighted by Gasteiger charge is -2.36. The van der Waals surface area contributed by atoms with Crippen molar-refractivity contribution in [2.24, 2.45) is 7.05 Å². The minimum Gasteiger partial charge on any atom is -0.497 e. The molecular formula is C20H26F3N5O3. The van der Waals surface area contributed by atoms with Crippen LogP contribution in [0.15, 0.2) is 36.7 Å². The Kier molecular flexibility index (Phi) is 6.63. The molecular weight excluding hydrogens is 415 g/mol. The van der Waals surface area contributed by atoms with Gasteiger partial charge in [0.25, 0.3) is 0 Å². The molecule has 1 unspecified atom stereocenters. The molecule has 0 spiro atoms. The molecule has 11 heteroatoms. The van der Waals surface area contributed by atoms with Gasteiger partial charge in [-0.3, -0.25) is 0 Å². The van der Waals surface area contributed by atoms with Gasteiger partial charge in [-0.1, -0.05) is 0 Å². The predicted molar refractivity (Wildman–Crippen MR) is 108 cm³/mol. The van der Waals surface area contributed by atoms with Gasteiger partial charge in [-0.2, -0.15) is 13.2 Å². The number of hydrogen-bond acceptors (Lipinski definition) is 5. The lowest BCUT2D eigenvalue weighted by molar-refractivity contribution is -0.272. The Morgan fingerprint density at radius 1 is 1.19 bits per heavy atom. The molecule has 1 aliphatic rings. The van der Waals surface area contributed by atoms with Gasteiger partial charge in [-0.15, -0.1) is 0 Å². The molecule has 8 nitrogen and oxygen atoms in total. The minimum absolute atomic E-state index is 0.347. The van der Waals surface area contributed by atoms with Gasteiger partial charge in [0.2, 0.25) is 5.60 Å². The molecule has 0 aliphatic carbocycles. The van der Waals surface area contributed by atoms with Crippen molar-refractivity contribution in [2.45, 2.75) is 18.2 Å². The number of nitrogens with zero attached hydrogens (tertiary/aromatic N) is 4. The number of rotatable bonds is 6. The van der Waals surface area contributed by atoms with Crippen LogP contribution in [-0.2, 0) is 12.6 Å². The topological polar surface area (TPSA) is 82.9 Å². The number of aromatic nitrogens is 2. The smallest absolute Gasteiger partial charge is 0.424 e. The third kappa shape index (κ3) is 4.87. The Balaban J connectivity index is 1.52. The number of aryl methyl sites for hydroxylation is 1. The van der Waals surface area contributed by atoms with Crippen LogP contribution in [0.5, 0.6) is 5.75 Å². The van der Waals surface area contributed by atoms with E-state index in [1.165, 1.54) is 19.4 Å². The summed E-state index contributed by atoms with van der Waals surface area (Å²) >= 11 is 0. The molecule has 31 heavy (non-hydrogen) atoms. The zero-order valence-electron chi connectivity index (χ0n) is 17.4. The maximum atomic E-state index is 13.5. The molecule has 1 saturated heterocycles. The number of imidazole rings is 1. The molecule has 1 aromatic heterocycles. The molecule has 170 valence electrons. The van der Waals surface area contributed by atoms with E-state index in [0.29, 0.717) is 26.2 Å². The number of aliphatic hydroxyl groups is 1. The molecule has 2 aromatic rings. The highest BCUT2D eigenvalue weighted by Gasteiger charge is 2.57. The number of piperazine rings is 1. The van der Waals surface area contributed by atoms with Crippen LogP contribution in [0.1, 0.15) is 12.2 Å². The largest absolute Gasteiger partial charge is 0.497 e. The van der Waals surface area contributed by atoms with Crippen molar-refractivity contribution in [2.75, 3.05) is 44.7 Å². The van der Waals surface area contributed by atoms with Gasteiger partial charge >= 0.3 is 12.2 Å². The van der Waals surface area contributed by atoms with Crippen LogP contribution in [0, 0.1) is 0 Å². The fourth-order valence-corrected chi connectivity index (χ4v) is 3.57. The Labute approximate surface area is 178 Å². The van der Waals surface area contributed by atoms with Crippen LogP contribution in [0.2, 0.25) is 0 Å². The zero-order valence-corrected chi connectivity index (χ0v) is 17.4. The van der Waals surface area contributed by atoms with E-state index >= 15 is 0 Å². The lowest BCUT2D eigenvalue weighted by Crippen LogP contribution is -2.53. The number of methoxy groups -OCH3 is 1. The first-order chi connectivity index (χ1) is 14.7. The quantitative estimate of drug-likeness (QED) is 0.718. The van der Waals surface area contributed by atoms with Gasteiger partial charge in [0.1, 0.15) is 11.6 Å². The van der Waals surface area contributed by atoms with Crippen molar-refractivity contribution in [3.63, 3.8) is 0 Å². The van der Waals surface area contributed by atoms with E-state index in [0.717, 1.165) is 16.0 Å². The number of carbonyl (C=O) groups excluding carboxylic acids is 1. The third-order valence-electron chi connectivity index (χ3n) is 5.43. The summed E-state index contributed by atoms with van der Waals surface area (Å²) in [6.07, 6.45) is -3.15. The number of ether oxygens (including phenoxy) is 1. The summed E-state index contributed by atoms with van der Waals surface area (Å²) in [6.45, 7) is 1.71. The van der Waals surface area contributed by atoms with Gasteiger partial charge in [0.15, 0.2) is 0 Å². The van der Waals surface area contributed by atoms with Crippen molar-refractivity contribution in [3.05, 3.63) is 42.5 Å². The minimum atomic E-state index is -4.93. The van der Waals surface area contributed by atoms with E-state index in [1.54, 1.807) is 12.0 Å². The van der Waals surface area contributed by atoms with Gasteiger partial charge in [-0.05, 0) is 24.3 Å². The molecule has 1 atom stereocenters. The zero-order chi connectivity index (χ0) is 22.6. The van der Waals surface area contributed by atoms with Crippen LogP contribution >= 0.6 is 0 Å². The standard InChI is InChI=1S/C20H26F3N5O3/c1-26-10-9-24-17(26)19(30,20(21,22)23)7-8-25-18(29)28-13-11-27(12-14-28)15-3-5-16(31-2)6-4-15/h3-6,9-10,30H,7-8,11-14H2,1-2H3,(H,25,29). The van der Waals surface area contributed by atoms with Gasteiger partial charge in [-0.25, -0.2) is 9.78 Å². The maximum absolute atomic E-state index is 13.5. The second kappa shape index (κ2) is 9.04. The number of carbonyl (C=O) groups is 1. The van der Waals surface area contributed by atoms with E-state index in [1.807, 2.05) is 24.3 Å². The van der Waals surface area contributed by atoms with Gasteiger partial charge in [0, 0.05) is 64.3 Å². The lowest BCUT2D eigenvalue weighted by atomic mass is 9.97. The maximum Gasteiger partial charge on any atom is 0.424 e. The molecule has 2 heterocycles.